The van der Waals surface area contributed by atoms with Crippen LogP contribution >= 0.6 is 0 Å². The van der Waals surface area contributed by atoms with Gasteiger partial charge in [-0.05, 0) is 58.4 Å². The third-order valence-electron chi connectivity index (χ3n) is 4.86. The highest BCUT2D eigenvalue weighted by Gasteiger charge is 2.52. The molecule has 0 bridgehead atoms. The summed E-state index contributed by atoms with van der Waals surface area (Å²) < 4.78 is 12.0. The van der Waals surface area contributed by atoms with Gasteiger partial charge in [-0.15, -0.1) is 0 Å². The maximum atomic E-state index is 10.5. The Balaban J connectivity index is 1.87. The van der Waals surface area contributed by atoms with E-state index in [4.69, 9.17) is 9.31 Å². The minimum atomic E-state index is -0.487. The number of hydrogen-bond donors (Lipinski definition) is 1. The van der Waals surface area contributed by atoms with Crippen LogP contribution in [0.15, 0.2) is 18.2 Å². The summed E-state index contributed by atoms with van der Waals surface area (Å²) in [4.78, 5) is 0. The predicted octanol–water partition coefficient (Wildman–Crippen LogP) is 2.64. The number of para-hydroxylation sites is 1. The molecule has 0 unspecified atom stereocenters. The zero-order chi connectivity index (χ0) is 14.5. The largest absolute Gasteiger partial charge is 0.508 e. The van der Waals surface area contributed by atoms with Crippen LogP contribution in [0.5, 0.6) is 5.75 Å². The van der Waals surface area contributed by atoms with Crippen molar-refractivity contribution in [1.29, 1.82) is 0 Å². The SMILES string of the molecule is CC1(C)OB(c2cccc(CC3CC3)c2O)OC1(C)C. The van der Waals surface area contributed by atoms with Gasteiger partial charge in [0.25, 0.3) is 0 Å². The second-order valence-electron chi connectivity index (χ2n) is 7.09. The molecule has 1 heterocycles. The van der Waals surface area contributed by atoms with Crippen LogP contribution in [0.3, 0.4) is 0 Å². The van der Waals surface area contributed by atoms with Crippen LogP contribution in [-0.2, 0) is 15.7 Å². The second-order valence-corrected chi connectivity index (χ2v) is 7.09. The molecule has 1 N–H and O–H groups in total. The van der Waals surface area contributed by atoms with Crippen LogP contribution in [0.4, 0.5) is 0 Å². The maximum absolute atomic E-state index is 10.5. The minimum Gasteiger partial charge on any atom is -0.508 e. The fourth-order valence-corrected chi connectivity index (χ4v) is 2.57. The molecule has 0 amide bonds. The molecule has 0 radical (unpaired) electrons. The molecular weight excluding hydrogens is 251 g/mol. The summed E-state index contributed by atoms with van der Waals surface area (Å²) in [5.41, 5.74) is 1.01. The third-order valence-corrected chi connectivity index (χ3v) is 4.86. The number of aromatic hydroxyl groups is 1. The van der Waals surface area contributed by atoms with E-state index in [1.807, 2.05) is 45.9 Å². The van der Waals surface area contributed by atoms with E-state index >= 15 is 0 Å². The molecule has 20 heavy (non-hydrogen) atoms. The minimum absolute atomic E-state index is 0.345. The third kappa shape index (κ3) is 2.36. The van der Waals surface area contributed by atoms with Crippen molar-refractivity contribution in [2.75, 3.05) is 0 Å². The molecule has 1 aliphatic heterocycles. The lowest BCUT2D eigenvalue weighted by Crippen LogP contribution is -2.41. The van der Waals surface area contributed by atoms with Crippen molar-refractivity contribution in [1.82, 2.24) is 0 Å². The van der Waals surface area contributed by atoms with Gasteiger partial charge in [0.2, 0.25) is 0 Å². The normalized spacial score (nSPS) is 24.1. The summed E-state index contributed by atoms with van der Waals surface area (Å²) in [6.45, 7) is 8.10. The van der Waals surface area contributed by atoms with Crippen LogP contribution in [0.25, 0.3) is 0 Å². The number of benzene rings is 1. The smallest absolute Gasteiger partial charge is 0.498 e. The quantitative estimate of drug-likeness (QED) is 0.861. The first-order valence-corrected chi connectivity index (χ1v) is 7.46. The van der Waals surface area contributed by atoms with Gasteiger partial charge in [-0.25, -0.2) is 0 Å². The molecule has 0 atom stereocenters. The first-order chi connectivity index (χ1) is 9.30. The van der Waals surface area contributed by atoms with Gasteiger partial charge in [-0.3, -0.25) is 0 Å². The monoisotopic (exact) mass is 274 g/mol. The van der Waals surface area contributed by atoms with Gasteiger partial charge in [0.15, 0.2) is 0 Å². The van der Waals surface area contributed by atoms with Crippen LogP contribution in [-0.4, -0.2) is 23.4 Å². The summed E-state index contributed by atoms with van der Waals surface area (Å²) >= 11 is 0. The summed E-state index contributed by atoms with van der Waals surface area (Å²) in [5, 5.41) is 10.5. The molecule has 4 heteroatoms. The number of rotatable bonds is 3. The first kappa shape index (κ1) is 14.0. The average Bonchev–Trinajstić information content (AvgIpc) is 3.10. The molecule has 0 aromatic heterocycles. The van der Waals surface area contributed by atoms with Gasteiger partial charge < -0.3 is 14.4 Å². The van der Waals surface area contributed by atoms with Gasteiger partial charge in [0.05, 0.1) is 11.2 Å². The molecule has 3 rings (SSSR count). The molecule has 1 aromatic carbocycles. The summed E-state index contributed by atoms with van der Waals surface area (Å²) in [7, 11) is -0.487. The van der Waals surface area contributed by atoms with Crippen molar-refractivity contribution in [3.63, 3.8) is 0 Å². The van der Waals surface area contributed by atoms with Gasteiger partial charge >= 0.3 is 7.12 Å². The molecule has 1 aromatic rings. The van der Waals surface area contributed by atoms with Crippen molar-refractivity contribution < 1.29 is 14.4 Å². The number of hydrogen-bond acceptors (Lipinski definition) is 3. The van der Waals surface area contributed by atoms with Gasteiger partial charge in [-0.2, -0.15) is 0 Å². The Bertz CT molecular complexity index is 504. The molecule has 0 spiro atoms. The molecule has 2 fully saturated rings. The van der Waals surface area contributed by atoms with Crippen molar-refractivity contribution in [2.45, 2.75) is 58.2 Å². The van der Waals surface area contributed by atoms with Crippen molar-refractivity contribution in [3.05, 3.63) is 23.8 Å². The molecule has 2 aliphatic rings. The predicted molar refractivity (Wildman–Crippen MR) is 80.3 cm³/mol. The molecule has 108 valence electrons. The number of phenols is 1. The van der Waals surface area contributed by atoms with Gasteiger partial charge in [0.1, 0.15) is 5.75 Å². The highest BCUT2D eigenvalue weighted by atomic mass is 16.7. The Morgan fingerprint density at radius 3 is 2.30 bits per heavy atom. The van der Waals surface area contributed by atoms with Crippen LogP contribution in [0, 0.1) is 5.92 Å². The van der Waals surface area contributed by atoms with E-state index < -0.39 is 7.12 Å². The van der Waals surface area contributed by atoms with E-state index in [9.17, 15) is 5.11 Å². The van der Waals surface area contributed by atoms with Crippen molar-refractivity contribution >= 4 is 12.6 Å². The molecule has 1 saturated heterocycles. The fraction of sp³-hybridized carbons (Fsp3) is 0.625. The van der Waals surface area contributed by atoms with Crippen LogP contribution in [0.2, 0.25) is 0 Å². The van der Waals surface area contributed by atoms with Crippen LogP contribution in [0.1, 0.15) is 46.1 Å². The Morgan fingerprint density at radius 1 is 1.15 bits per heavy atom. The first-order valence-electron chi connectivity index (χ1n) is 7.46. The van der Waals surface area contributed by atoms with Crippen LogP contribution < -0.4 is 5.46 Å². The Hall–Kier alpha value is -0.995. The summed E-state index contributed by atoms with van der Waals surface area (Å²) in [5.74, 6) is 1.09. The highest BCUT2D eigenvalue weighted by Crippen LogP contribution is 2.38. The van der Waals surface area contributed by atoms with E-state index in [0.29, 0.717) is 5.75 Å². The molecule has 3 nitrogen and oxygen atoms in total. The Labute approximate surface area is 121 Å². The average molecular weight is 274 g/mol. The maximum Gasteiger partial charge on any atom is 0.498 e. The standard InChI is InChI=1S/C16H23BO3/c1-15(2)16(3,4)20-17(19-15)13-7-5-6-12(14(13)18)10-11-8-9-11/h5-7,11,18H,8-10H2,1-4H3. The van der Waals surface area contributed by atoms with E-state index in [1.54, 1.807) is 0 Å². The van der Waals surface area contributed by atoms with Crippen molar-refractivity contribution in [3.8, 4) is 5.75 Å². The lowest BCUT2D eigenvalue weighted by atomic mass is 9.77. The van der Waals surface area contributed by atoms with Crippen molar-refractivity contribution in [2.24, 2.45) is 5.92 Å². The lowest BCUT2D eigenvalue weighted by molar-refractivity contribution is 0.00578. The molecular formula is C16H23BO3. The van der Waals surface area contributed by atoms with Gasteiger partial charge in [0, 0.05) is 5.46 Å². The number of phenolic OH excluding ortho intramolecular Hbond substituents is 1. The molecule has 1 aliphatic carbocycles. The highest BCUT2D eigenvalue weighted by molar-refractivity contribution is 6.63. The molecule has 1 saturated carbocycles. The zero-order valence-corrected chi connectivity index (χ0v) is 12.8. The van der Waals surface area contributed by atoms with E-state index in [-0.39, 0.29) is 11.2 Å². The van der Waals surface area contributed by atoms with E-state index in [1.165, 1.54) is 12.8 Å². The lowest BCUT2D eigenvalue weighted by Gasteiger charge is -2.32. The van der Waals surface area contributed by atoms with Gasteiger partial charge in [-0.1, -0.05) is 18.2 Å². The van der Waals surface area contributed by atoms with E-state index in [2.05, 4.69) is 0 Å². The second kappa shape index (κ2) is 4.50. The Morgan fingerprint density at radius 2 is 1.75 bits per heavy atom. The van der Waals surface area contributed by atoms with E-state index in [0.717, 1.165) is 23.4 Å². The summed E-state index contributed by atoms with van der Waals surface area (Å²) in [6, 6.07) is 5.88. The topological polar surface area (TPSA) is 38.7 Å². The fourth-order valence-electron chi connectivity index (χ4n) is 2.57. The summed E-state index contributed by atoms with van der Waals surface area (Å²) in [6.07, 6.45) is 3.51. The zero-order valence-electron chi connectivity index (χ0n) is 12.8. The Kier molecular flexibility index (Phi) is 3.14.